The van der Waals surface area contributed by atoms with E-state index in [0.29, 0.717) is 5.25 Å². The van der Waals surface area contributed by atoms with Crippen LogP contribution in [-0.2, 0) is 6.54 Å². The predicted molar refractivity (Wildman–Crippen MR) is 94.9 cm³/mol. The van der Waals surface area contributed by atoms with Gasteiger partial charge in [0.1, 0.15) is 0 Å². The maximum atomic E-state index is 12.4. The monoisotopic (exact) mass is 330 g/mol. The van der Waals surface area contributed by atoms with Crippen LogP contribution in [0.4, 0.5) is 10.5 Å². The molecule has 0 aliphatic carbocycles. The SMILES string of the molecule is CC[C@H]1CN(C(=O)Nc2ccc(Cn3cccn3)cc2)CCS1. The van der Waals surface area contributed by atoms with E-state index in [2.05, 4.69) is 17.3 Å². The van der Waals surface area contributed by atoms with Crippen LogP contribution < -0.4 is 5.32 Å². The molecule has 0 radical (unpaired) electrons. The third kappa shape index (κ3) is 4.28. The summed E-state index contributed by atoms with van der Waals surface area (Å²) in [5.41, 5.74) is 2.00. The number of anilines is 1. The molecule has 5 nitrogen and oxygen atoms in total. The van der Waals surface area contributed by atoms with Crippen LogP contribution in [0.1, 0.15) is 18.9 Å². The second kappa shape index (κ2) is 7.55. The Morgan fingerprint density at radius 2 is 2.22 bits per heavy atom. The Labute approximate surface area is 141 Å². The molecule has 2 aromatic rings. The zero-order valence-electron chi connectivity index (χ0n) is 13.3. The van der Waals surface area contributed by atoms with E-state index in [4.69, 9.17) is 0 Å². The van der Waals surface area contributed by atoms with Crippen LogP contribution in [0.15, 0.2) is 42.7 Å². The van der Waals surface area contributed by atoms with Gasteiger partial charge in [-0.15, -0.1) is 0 Å². The minimum Gasteiger partial charge on any atom is -0.323 e. The molecule has 1 aromatic carbocycles. The minimum atomic E-state index is 0.00331. The quantitative estimate of drug-likeness (QED) is 0.936. The molecule has 2 heterocycles. The number of thioether (sulfide) groups is 1. The summed E-state index contributed by atoms with van der Waals surface area (Å²) in [6, 6.07) is 9.87. The van der Waals surface area contributed by atoms with Crippen molar-refractivity contribution in [2.24, 2.45) is 0 Å². The molecule has 1 aromatic heterocycles. The Morgan fingerprint density at radius 3 is 2.91 bits per heavy atom. The molecule has 23 heavy (non-hydrogen) atoms. The van der Waals surface area contributed by atoms with Crippen molar-refractivity contribution >= 4 is 23.5 Å². The lowest BCUT2D eigenvalue weighted by molar-refractivity contribution is 0.213. The molecular formula is C17H22N4OS. The summed E-state index contributed by atoms with van der Waals surface area (Å²) < 4.78 is 1.88. The summed E-state index contributed by atoms with van der Waals surface area (Å²) in [4.78, 5) is 14.3. The van der Waals surface area contributed by atoms with E-state index in [1.54, 1.807) is 6.20 Å². The number of hydrogen-bond acceptors (Lipinski definition) is 3. The maximum Gasteiger partial charge on any atom is 0.321 e. The number of urea groups is 1. The third-order valence-electron chi connectivity index (χ3n) is 3.99. The van der Waals surface area contributed by atoms with Crippen LogP contribution >= 0.6 is 11.8 Å². The highest BCUT2D eigenvalue weighted by Gasteiger charge is 2.22. The number of amides is 2. The van der Waals surface area contributed by atoms with E-state index in [0.717, 1.165) is 43.1 Å². The number of aromatic nitrogens is 2. The molecule has 1 saturated heterocycles. The average Bonchev–Trinajstić information content (AvgIpc) is 3.09. The molecule has 0 unspecified atom stereocenters. The van der Waals surface area contributed by atoms with Crippen LogP contribution in [-0.4, -0.2) is 44.8 Å². The molecule has 6 heteroatoms. The van der Waals surface area contributed by atoms with Crippen LogP contribution in [0.25, 0.3) is 0 Å². The summed E-state index contributed by atoms with van der Waals surface area (Å²) >= 11 is 1.96. The van der Waals surface area contributed by atoms with Gasteiger partial charge in [0, 0.05) is 42.2 Å². The van der Waals surface area contributed by atoms with Gasteiger partial charge in [0.15, 0.2) is 0 Å². The maximum absolute atomic E-state index is 12.4. The third-order valence-corrected chi connectivity index (χ3v) is 5.36. The topological polar surface area (TPSA) is 50.2 Å². The van der Waals surface area contributed by atoms with E-state index >= 15 is 0 Å². The Bertz CT molecular complexity index is 627. The van der Waals surface area contributed by atoms with Gasteiger partial charge in [-0.2, -0.15) is 16.9 Å². The smallest absolute Gasteiger partial charge is 0.321 e. The molecule has 0 spiro atoms. The first kappa shape index (κ1) is 15.9. The first-order chi connectivity index (χ1) is 11.2. The summed E-state index contributed by atoms with van der Waals surface area (Å²) in [6.45, 7) is 4.58. The summed E-state index contributed by atoms with van der Waals surface area (Å²) in [6.07, 6.45) is 4.82. The fourth-order valence-electron chi connectivity index (χ4n) is 2.63. The highest BCUT2D eigenvalue weighted by molar-refractivity contribution is 8.00. The predicted octanol–water partition coefficient (Wildman–Crippen LogP) is 3.29. The Morgan fingerprint density at radius 1 is 1.39 bits per heavy atom. The molecule has 3 rings (SSSR count). The summed E-state index contributed by atoms with van der Waals surface area (Å²) in [5, 5.41) is 7.76. The van der Waals surface area contributed by atoms with E-state index < -0.39 is 0 Å². The van der Waals surface area contributed by atoms with Gasteiger partial charge < -0.3 is 10.2 Å². The molecule has 1 N–H and O–H groups in total. The van der Waals surface area contributed by atoms with Crippen molar-refractivity contribution in [3.05, 3.63) is 48.3 Å². The Balaban J connectivity index is 1.56. The Hall–Kier alpha value is -1.95. The van der Waals surface area contributed by atoms with Crippen molar-refractivity contribution in [1.82, 2.24) is 14.7 Å². The van der Waals surface area contributed by atoms with Crippen molar-refractivity contribution < 1.29 is 4.79 Å². The Kier molecular flexibility index (Phi) is 5.23. The van der Waals surface area contributed by atoms with Crippen molar-refractivity contribution in [3.8, 4) is 0 Å². The van der Waals surface area contributed by atoms with E-state index in [9.17, 15) is 4.79 Å². The molecule has 122 valence electrons. The van der Waals surface area contributed by atoms with E-state index in [1.807, 2.05) is 57.9 Å². The van der Waals surface area contributed by atoms with Gasteiger partial charge in [0.2, 0.25) is 0 Å². The summed E-state index contributed by atoms with van der Waals surface area (Å²) in [7, 11) is 0. The average molecular weight is 330 g/mol. The van der Waals surface area contributed by atoms with Gasteiger partial charge in [-0.3, -0.25) is 4.68 Å². The number of nitrogens with zero attached hydrogens (tertiary/aromatic N) is 3. The van der Waals surface area contributed by atoms with Gasteiger partial charge in [-0.1, -0.05) is 19.1 Å². The highest BCUT2D eigenvalue weighted by Crippen LogP contribution is 2.21. The van der Waals surface area contributed by atoms with Crippen molar-refractivity contribution in [2.45, 2.75) is 25.1 Å². The largest absolute Gasteiger partial charge is 0.323 e. The highest BCUT2D eigenvalue weighted by atomic mass is 32.2. The standard InChI is InChI=1S/C17H22N4OS/c1-2-16-13-20(10-11-23-16)17(22)19-15-6-4-14(5-7-15)12-21-9-3-8-18-21/h3-9,16H,2,10-13H2,1H3,(H,19,22)/t16-/m0/s1. The van der Waals surface area contributed by atoms with Crippen LogP contribution in [0, 0.1) is 0 Å². The van der Waals surface area contributed by atoms with Crippen LogP contribution in [0.2, 0.25) is 0 Å². The molecule has 1 aliphatic rings. The zero-order valence-corrected chi connectivity index (χ0v) is 14.1. The number of benzene rings is 1. The number of carbonyl (C=O) groups excluding carboxylic acids is 1. The van der Waals surface area contributed by atoms with Gasteiger partial charge in [0.05, 0.1) is 6.54 Å². The van der Waals surface area contributed by atoms with Gasteiger partial charge >= 0.3 is 6.03 Å². The molecule has 2 amide bonds. The molecule has 1 fully saturated rings. The lowest BCUT2D eigenvalue weighted by Gasteiger charge is -2.31. The molecule has 1 atom stereocenters. The first-order valence-corrected chi connectivity index (χ1v) is 9.03. The van der Waals surface area contributed by atoms with Crippen molar-refractivity contribution in [2.75, 3.05) is 24.2 Å². The molecular weight excluding hydrogens is 308 g/mol. The molecule has 0 bridgehead atoms. The number of rotatable bonds is 4. The molecule has 1 aliphatic heterocycles. The molecule has 0 saturated carbocycles. The van der Waals surface area contributed by atoms with E-state index in [1.165, 1.54) is 0 Å². The second-order valence-electron chi connectivity index (χ2n) is 5.68. The van der Waals surface area contributed by atoms with E-state index in [-0.39, 0.29) is 6.03 Å². The van der Waals surface area contributed by atoms with Crippen LogP contribution in [0.5, 0.6) is 0 Å². The van der Waals surface area contributed by atoms with Gasteiger partial charge in [-0.05, 0) is 30.2 Å². The summed E-state index contributed by atoms with van der Waals surface area (Å²) in [5.74, 6) is 1.02. The normalized spacial score (nSPS) is 18.0. The number of nitrogens with one attached hydrogen (secondary N) is 1. The van der Waals surface area contributed by atoms with Gasteiger partial charge in [0.25, 0.3) is 0 Å². The zero-order chi connectivity index (χ0) is 16.1. The lowest BCUT2D eigenvalue weighted by atomic mass is 10.2. The fourth-order valence-corrected chi connectivity index (χ4v) is 3.81. The fraction of sp³-hybridized carbons (Fsp3) is 0.412. The van der Waals surface area contributed by atoms with Crippen molar-refractivity contribution in [3.63, 3.8) is 0 Å². The first-order valence-electron chi connectivity index (χ1n) is 7.98. The lowest BCUT2D eigenvalue weighted by Crippen LogP contribution is -2.43. The number of hydrogen-bond donors (Lipinski definition) is 1. The minimum absolute atomic E-state index is 0.00331. The second-order valence-corrected chi connectivity index (χ2v) is 7.09. The van der Waals surface area contributed by atoms with Crippen LogP contribution in [0.3, 0.4) is 0 Å². The van der Waals surface area contributed by atoms with Crippen molar-refractivity contribution in [1.29, 1.82) is 0 Å². The van der Waals surface area contributed by atoms with Gasteiger partial charge in [-0.25, -0.2) is 4.79 Å². The number of carbonyl (C=O) groups is 1.